The van der Waals surface area contributed by atoms with Crippen LogP contribution in [0.15, 0.2) is 61.2 Å². The molecule has 1 heterocycles. The number of thiophene rings is 1. The molecular weight excluding hydrogens is 330 g/mol. The van der Waals surface area contributed by atoms with Crippen LogP contribution in [-0.2, 0) is 0 Å². The third-order valence-corrected chi connectivity index (χ3v) is 4.90. The number of anilines is 1. The van der Waals surface area contributed by atoms with Crippen molar-refractivity contribution >= 4 is 44.6 Å². The van der Waals surface area contributed by atoms with Gasteiger partial charge in [0.2, 0.25) is 0 Å². The van der Waals surface area contributed by atoms with Gasteiger partial charge in [-0.3, -0.25) is 4.79 Å². The SMILES string of the molecule is C=CCOc1ccc(NC(=O)c2sc3ccccc3c2Cl)cc1. The molecular formula is C18H14ClNO2S. The Balaban J connectivity index is 1.77. The summed E-state index contributed by atoms with van der Waals surface area (Å²) in [7, 11) is 0. The highest BCUT2D eigenvalue weighted by atomic mass is 35.5. The Morgan fingerprint density at radius 2 is 1.96 bits per heavy atom. The molecule has 1 aromatic heterocycles. The van der Waals surface area contributed by atoms with Crippen molar-refractivity contribution in [3.05, 3.63) is 71.1 Å². The van der Waals surface area contributed by atoms with Gasteiger partial charge in [-0.05, 0) is 30.3 Å². The fourth-order valence-corrected chi connectivity index (χ4v) is 3.55. The molecule has 5 heteroatoms. The minimum Gasteiger partial charge on any atom is -0.490 e. The van der Waals surface area contributed by atoms with Crippen LogP contribution < -0.4 is 10.1 Å². The number of carbonyl (C=O) groups excluding carboxylic acids is 1. The molecule has 0 aliphatic carbocycles. The van der Waals surface area contributed by atoms with E-state index in [4.69, 9.17) is 16.3 Å². The summed E-state index contributed by atoms with van der Waals surface area (Å²) in [5.74, 6) is 0.513. The smallest absolute Gasteiger partial charge is 0.267 e. The lowest BCUT2D eigenvalue weighted by atomic mass is 10.2. The third kappa shape index (κ3) is 3.38. The van der Waals surface area contributed by atoms with E-state index in [9.17, 15) is 4.79 Å². The first-order valence-corrected chi connectivity index (χ1v) is 8.20. The van der Waals surface area contributed by atoms with Gasteiger partial charge in [0.25, 0.3) is 5.91 Å². The summed E-state index contributed by atoms with van der Waals surface area (Å²) >= 11 is 7.71. The number of ether oxygens (including phenoxy) is 1. The Morgan fingerprint density at radius 3 is 2.65 bits per heavy atom. The lowest BCUT2D eigenvalue weighted by molar-refractivity contribution is 0.103. The van der Waals surface area contributed by atoms with Crippen molar-refractivity contribution < 1.29 is 9.53 Å². The quantitative estimate of drug-likeness (QED) is 0.632. The van der Waals surface area contributed by atoms with Crippen molar-refractivity contribution in [1.82, 2.24) is 0 Å². The zero-order valence-electron chi connectivity index (χ0n) is 12.2. The van der Waals surface area contributed by atoms with E-state index in [1.807, 2.05) is 24.3 Å². The summed E-state index contributed by atoms with van der Waals surface area (Å²) in [5.41, 5.74) is 0.689. The van der Waals surface area contributed by atoms with Crippen LogP contribution >= 0.6 is 22.9 Å². The zero-order valence-corrected chi connectivity index (χ0v) is 13.8. The minimum atomic E-state index is -0.212. The van der Waals surface area contributed by atoms with Crippen molar-refractivity contribution in [3.63, 3.8) is 0 Å². The van der Waals surface area contributed by atoms with E-state index in [0.717, 1.165) is 15.8 Å². The predicted molar refractivity (Wildman–Crippen MR) is 96.9 cm³/mol. The monoisotopic (exact) mass is 343 g/mol. The molecule has 0 atom stereocenters. The number of hydrogen-bond acceptors (Lipinski definition) is 3. The average Bonchev–Trinajstić information content (AvgIpc) is 2.92. The van der Waals surface area contributed by atoms with Gasteiger partial charge in [-0.1, -0.05) is 42.5 Å². The van der Waals surface area contributed by atoms with Gasteiger partial charge >= 0.3 is 0 Å². The average molecular weight is 344 g/mol. The van der Waals surface area contributed by atoms with E-state index in [0.29, 0.717) is 22.2 Å². The van der Waals surface area contributed by atoms with Crippen LogP contribution in [0.5, 0.6) is 5.75 Å². The molecule has 0 aliphatic heterocycles. The minimum absolute atomic E-state index is 0.212. The van der Waals surface area contributed by atoms with Crippen molar-refractivity contribution in [3.8, 4) is 5.75 Å². The molecule has 2 aromatic carbocycles. The molecule has 116 valence electrons. The summed E-state index contributed by atoms with van der Waals surface area (Å²) in [6.07, 6.45) is 1.68. The second-order valence-corrected chi connectivity index (χ2v) is 6.25. The number of halogens is 1. The predicted octanol–water partition coefficient (Wildman–Crippen LogP) is 5.37. The highest BCUT2D eigenvalue weighted by molar-refractivity contribution is 7.21. The number of nitrogens with one attached hydrogen (secondary N) is 1. The standard InChI is InChI=1S/C18H14ClNO2S/c1-2-11-22-13-9-7-12(8-10-13)20-18(21)17-16(19)14-5-3-4-6-15(14)23-17/h2-10H,1,11H2,(H,20,21). The van der Waals surface area contributed by atoms with Crippen LogP contribution in [0.2, 0.25) is 5.02 Å². The van der Waals surface area contributed by atoms with E-state index in [1.165, 1.54) is 11.3 Å². The molecule has 1 amide bonds. The molecule has 0 saturated heterocycles. The first kappa shape index (κ1) is 15.6. The van der Waals surface area contributed by atoms with Crippen LogP contribution in [0, 0.1) is 0 Å². The van der Waals surface area contributed by atoms with Crippen molar-refractivity contribution in [2.75, 3.05) is 11.9 Å². The fraction of sp³-hybridized carbons (Fsp3) is 0.0556. The molecule has 0 aliphatic rings. The highest BCUT2D eigenvalue weighted by Gasteiger charge is 2.16. The zero-order chi connectivity index (χ0) is 16.2. The number of fused-ring (bicyclic) bond motifs is 1. The molecule has 3 aromatic rings. The van der Waals surface area contributed by atoms with Crippen LogP contribution in [-0.4, -0.2) is 12.5 Å². The van der Waals surface area contributed by atoms with E-state index >= 15 is 0 Å². The van der Waals surface area contributed by atoms with Gasteiger partial charge in [-0.15, -0.1) is 11.3 Å². The normalized spacial score (nSPS) is 10.5. The van der Waals surface area contributed by atoms with Crippen molar-refractivity contribution in [2.24, 2.45) is 0 Å². The van der Waals surface area contributed by atoms with Gasteiger partial charge in [0.05, 0.1) is 5.02 Å². The van der Waals surface area contributed by atoms with Crippen LogP contribution in [0.25, 0.3) is 10.1 Å². The number of benzene rings is 2. The molecule has 0 bridgehead atoms. The molecule has 23 heavy (non-hydrogen) atoms. The van der Waals surface area contributed by atoms with Gasteiger partial charge in [-0.2, -0.15) is 0 Å². The lowest BCUT2D eigenvalue weighted by Crippen LogP contribution is -2.10. The largest absolute Gasteiger partial charge is 0.490 e. The Hall–Kier alpha value is -2.30. The van der Waals surface area contributed by atoms with Gasteiger partial charge in [0.15, 0.2) is 0 Å². The van der Waals surface area contributed by atoms with Gasteiger partial charge < -0.3 is 10.1 Å². The number of amides is 1. The molecule has 3 rings (SSSR count). The second kappa shape index (κ2) is 6.86. The van der Waals surface area contributed by atoms with Gasteiger partial charge in [0.1, 0.15) is 17.2 Å². The first-order valence-electron chi connectivity index (χ1n) is 7.01. The maximum Gasteiger partial charge on any atom is 0.267 e. The van der Waals surface area contributed by atoms with Crippen molar-refractivity contribution in [1.29, 1.82) is 0 Å². The van der Waals surface area contributed by atoms with Gasteiger partial charge in [-0.25, -0.2) is 0 Å². The first-order chi connectivity index (χ1) is 11.2. The Morgan fingerprint density at radius 1 is 1.22 bits per heavy atom. The summed E-state index contributed by atoms with van der Waals surface area (Å²) in [5, 5.41) is 4.25. The van der Waals surface area contributed by atoms with Crippen LogP contribution in [0.1, 0.15) is 9.67 Å². The van der Waals surface area contributed by atoms with Gasteiger partial charge in [0, 0.05) is 15.8 Å². The summed E-state index contributed by atoms with van der Waals surface area (Å²) in [4.78, 5) is 12.9. The Labute approximate surface area is 143 Å². The molecule has 0 spiro atoms. The Kier molecular flexibility index (Phi) is 4.65. The molecule has 0 unspecified atom stereocenters. The molecule has 1 N–H and O–H groups in total. The summed E-state index contributed by atoms with van der Waals surface area (Å²) < 4.78 is 6.41. The molecule has 3 nitrogen and oxygen atoms in total. The molecule has 0 saturated carbocycles. The third-order valence-electron chi connectivity index (χ3n) is 3.22. The number of carbonyl (C=O) groups is 1. The molecule has 0 radical (unpaired) electrons. The summed E-state index contributed by atoms with van der Waals surface area (Å²) in [6, 6.07) is 14.9. The maximum atomic E-state index is 12.4. The van der Waals surface area contributed by atoms with Crippen LogP contribution in [0.4, 0.5) is 5.69 Å². The number of hydrogen-bond donors (Lipinski definition) is 1. The summed E-state index contributed by atoms with van der Waals surface area (Å²) in [6.45, 7) is 4.05. The van der Waals surface area contributed by atoms with Crippen LogP contribution in [0.3, 0.4) is 0 Å². The number of rotatable bonds is 5. The Bertz CT molecular complexity index is 855. The highest BCUT2D eigenvalue weighted by Crippen LogP contribution is 2.35. The topological polar surface area (TPSA) is 38.3 Å². The van der Waals surface area contributed by atoms with E-state index in [2.05, 4.69) is 11.9 Å². The molecule has 0 fully saturated rings. The lowest BCUT2D eigenvalue weighted by Gasteiger charge is -2.06. The second-order valence-electron chi connectivity index (χ2n) is 4.82. The van der Waals surface area contributed by atoms with Crippen molar-refractivity contribution in [2.45, 2.75) is 0 Å². The van der Waals surface area contributed by atoms with E-state index < -0.39 is 0 Å². The maximum absolute atomic E-state index is 12.4. The fourth-order valence-electron chi connectivity index (χ4n) is 2.14. The van der Waals surface area contributed by atoms with E-state index in [-0.39, 0.29) is 5.91 Å². The van der Waals surface area contributed by atoms with E-state index in [1.54, 1.807) is 30.3 Å².